The van der Waals surface area contributed by atoms with Crippen LogP contribution in [0.3, 0.4) is 0 Å². The second-order valence-electron chi connectivity index (χ2n) is 4.23. The van der Waals surface area contributed by atoms with Gasteiger partial charge >= 0.3 is 0 Å². The Hall–Kier alpha value is -0.130. The summed E-state index contributed by atoms with van der Waals surface area (Å²) in [4.78, 5) is 16.0. The molecule has 0 aromatic heterocycles. The third kappa shape index (κ3) is 4.39. The number of likely N-dealkylation sites (N-methyl/N-ethyl adjacent to an activating group) is 1. The van der Waals surface area contributed by atoms with Gasteiger partial charge in [-0.1, -0.05) is 15.9 Å². The molecule has 1 unspecified atom stereocenters. The Morgan fingerprint density at radius 1 is 1.56 bits per heavy atom. The van der Waals surface area contributed by atoms with E-state index in [2.05, 4.69) is 27.9 Å². The van der Waals surface area contributed by atoms with Gasteiger partial charge in [0.2, 0.25) is 5.91 Å². The predicted molar refractivity (Wildman–Crippen MR) is 67.9 cm³/mol. The van der Waals surface area contributed by atoms with Crippen molar-refractivity contribution in [2.24, 2.45) is 0 Å². The first-order valence-corrected chi connectivity index (χ1v) is 6.67. The Kier molecular flexibility index (Phi) is 6.31. The fraction of sp³-hybridized carbons (Fsp3) is 0.909. The summed E-state index contributed by atoms with van der Waals surface area (Å²) in [6.45, 7) is 4.29. The maximum Gasteiger partial charge on any atom is 0.236 e. The molecule has 16 heavy (non-hydrogen) atoms. The molecule has 1 atom stereocenters. The lowest BCUT2D eigenvalue weighted by atomic mass is 10.1. The van der Waals surface area contributed by atoms with Crippen LogP contribution in [0.2, 0.25) is 0 Å². The highest BCUT2D eigenvalue weighted by Gasteiger charge is 2.25. The molecule has 1 amide bonds. The van der Waals surface area contributed by atoms with E-state index in [0.717, 1.165) is 45.6 Å². The molecule has 0 aromatic carbocycles. The van der Waals surface area contributed by atoms with E-state index in [1.165, 1.54) is 0 Å². The lowest BCUT2D eigenvalue weighted by Gasteiger charge is -2.31. The van der Waals surface area contributed by atoms with Gasteiger partial charge in [-0.25, -0.2) is 0 Å². The summed E-state index contributed by atoms with van der Waals surface area (Å²) in [7, 11) is 3.76. The normalized spacial score (nSPS) is 21.9. The molecule has 0 bridgehead atoms. The first-order chi connectivity index (χ1) is 7.65. The van der Waals surface area contributed by atoms with E-state index in [0.29, 0.717) is 0 Å². The molecule has 94 valence electrons. The largest absolute Gasteiger partial charge is 0.383 e. The van der Waals surface area contributed by atoms with Gasteiger partial charge in [0.1, 0.15) is 0 Å². The summed E-state index contributed by atoms with van der Waals surface area (Å²) in [5.41, 5.74) is 0. The third-order valence-electron chi connectivity index (χ3n) is 2.89. The van der Waals surface area contributed by atoms with Crippen LogP contribution in [0, 0.1) is 0 Å². The van der Waals surface area contributed by atoms with Crippen molar-refractivity contribution in [3.63, 3.8) is 0 Å². The maximum atomic E-state index is 11.8. The smallest absolute Gasteiger partial charge is 0.236 e. The second-order valence-corrected chi connectivity index (χ2v) is 5.34. The predicted octanol–water partition coefficient (Wildman–Crippen LogP) is 0.951. The van der Waals surface area contributed by atoms with Gasteiger partial charge < -0.3 is 14.5 Å². The van der Waals surface area contributed by atoms with E-state index in [1.54, 1.807) is 7.11 Å². The van der Waals surface area contributed by atoms with Gasteiger partial charge in [-0.15, -0.1) is 0 Å². The van der Waals surface area contributed by atoms with Crippen LogP contribution in [0.25, 0.3) is 0 Å². The van der Waals surface area contributed by atoms with Crippen LogP contribution >= 0.6 is 15.9 Å². The highest BCUT2D eigenvalue weighted by molar-refractivity contribution is 9.10. The number of hydrogen-bond donors (Lipinski definition) is 0. The lowest BCUT2D eigenvalue weighted by molar-refractivity contribution is -0.132. The Labute approximate surface area is 106 Å². The molecule has 0 aliphatic carbocycles. The van der Waals surface area contributed by atoms with Crippen LogP contribution in [0.1, 0.15) is 12.8 Å². The molecule has 4 nitrogen and oxygen atoms in total. The number of carbonyl (C=O) groups excluding carboxylic acids is 1. The Bertz CT molecular complexity index is 226. The molecule has 1 heterocycles. The molecule has 1 aliphatic heterocycles. The number of alkyl halides is 1. The van der Waals surface area contributed by atoms with E-state index in [1.807, 2.05) is 4.90 Å². The zero-order chi connectivity index (χ0) is 12.0. The summed E-state index contributed by atoms with van der Waals surface area (Å²) >= 11 is 3.42. The fourth-order valence-corrected chi connectivity index (χ4v) is 2.38. The summed E-state index contributed by atoms with van der Waals surface area (Å²) in [5, 5.41) is 0. The van der Waals surface area contributed by atoms with E-state index in [4.69, 9.17) is 4.74 Å². The van der Waals surface area contributed by atoms with E-state index in [9.17, 15) is 4.79 Å². The highest BCUT2D eigenvalue weighted by atomic mass is 79.9. The molecule has 0 radical (unpaired) electrons. The van der Waals surface area contributed by atoms with Crippen molar-refractivity contribution in [3.05, 3.63) is 0 Å². The summed E-state index contributed by atoms with van der Waals surface area (Å²) in [6, 6.07) is 0. The summed E-state index contributed by atoms with van der Waals surface area (Å²) < 4.78 is 5.01. The van der Waals surface area contributed by atoms with E-state index < -0.39 is 0 Å². The van der Waals surface area contributed by atoms with Crippen LogP contribution in [-0.4, -0.2) is 67.5 Å². The van der Waals surface area contributed by atoms with Gasteiger partial charge in [0.05, 0.1) is 11.4 Å². The standard InChI is InChI=1S/C11H21BrN2O2/c1-13(8-9-16-2)6-7-14-5-3-4-10(12)11(14)15/h10H,3-9H2,1-2H3. The molecule has 1 rings (SSSR count). The number of methoxy groups -OCH3 is 1. The molecule has 0 N–H and O–H groups in total. The molecule has 0 saturated carbocycles. The van der Waals surface area contributed by atoms with Gasteiger partial charge in [-0.05, 0) is 19.9 Å². The molecule has 1 aliphatic rings. The number of hydrogen-bond acceptors (Lipinski definition) is 3. The second kappa shape index (κ2) is 7.25. The quantitative estimate of drug-likeness (QED) is 0.684. The topological polar surface area (TPSA) is 32.8 Å². The molecule has 0 spiro atoms. The van der Waals surface area contributed by atoms with Crippen molar-refractivity contribution in [2.45, 2.75) is 17.7 Å². The molecule has 1 saturated heterocycles. The van der Waals surface area contributed by atoms with Crippen LogP contribution in [-0.2, 0) is 9.53 Å². The monoisotopic (exact) mass is 292 g/mol. The minimum atomic E-state index is 0.0329. The van der Waals surface area contributed by atoms with Crippen molar-refractivity contribution in [3.8, 4) is 0 Å². The minimum absolute atomic E-state index is 0.0329. The average Bonchev–Trinajstić information content (AvgIpc) is 2.28. The average molecular weight is 293 g/mol. The van der Waals surface area contributed by atoms with Gasteiger partial charge in [-0.2, -0.15) is 0 Å². The SMILES string of the molecule is COCCN(C)CCN1CCCC(Br)C1=O. The molecule has 0 aromatic rings. The number of carbonyl (C=O) groups is 1. The third-order valence-corrected chi connectivity index (χ3v) is 3.74. The summed E-state index contributed by atoms with van der Waals surface area (Å²) in [6.07, 6.45) is 2.07. The number of likely N-dealkylation sites (tertiary alicyclic amines) is 1. The van der Waals surface area contributed by atoms with Gasteiger partial charge in [-0.3, -0.25) is 4.79 Å². The minimum Gasteiger partial charge on any atom is -0.383 e. The van der Waals surface area contributed by atoms with Crippen molar-refractivity contribution in [2.75, 3.05) is 46.9 Å². The number of ether oxygens (including phenoxy) is 1. The van der Waals surface area contributed by atoms with Crippen LogP contribution in [0.15, 0.2) is 0 Å². The number of halogens is 1. The fourth-order valence-electron chi connectivity index (χ4n) is 1.77. The van der Waals surface area contributed by atoms with Crippen LogP contribution in [0.5, 0.6) is 0 Å². The number of piperidine rings is 1. The zero-order valence-electron chi connectivity index (χ0n) is 10.1. The first-order valence-electron chi connectivity index (χ1n) is 5.75. The van der Waals surface area contributed by atoms with Crippen LogP contribution < -0.4 is 0 Å². The Balaban J connectivity index is 2.23. The van der Waals surface area contributed by atoms with Gasteiger partial charge in [0.15, 0.2) is 0 Å². The van der Waals surface area contributed by atoms with E-state index in [-0.39, 0.29) is 10.7 Å². The molecule has 5 heteroatoms. The molecule has 1 fully saturated rings. The van der Waals surface area contributed by atoms with Crippen molar-refractivity contribution in [1.82, 2.24) is 9.80 Å². The van der Waals surface area contributed by atoms with Crippen molar-refractivity contribution in [1.29, 1.82) is 0 Å². The number of amides is 1. The van der Waals surface area contributed by atoms with Gasteiger partial charge in [0.25, 0.3) is 0 Å². The van der Waals surface area contributed by atoms with Crippen LogP contribution in [0.4, 0.5) is 0 Å². The zero-order valence-corrected chi connectivity index (χ0v) is 11.7. The van der Waals surface area contributed by atoms with Crippen molar-refractivity contribution < 1.29 is 9.53 Å². The molecular formula is C11H21BrN2O2. The van der Waals surface area contributed by atoms with Gasteiger partial charge in [0, 0.05) is 33.3 Å². The van der Waals surface area contributed by atoms with E-state index >= 15 is 0 Å². The summed E-state index contributed by atoms with van der Waals surface area (Å²) in [5.74, 6) is 0.242. The first kappa shape index (κ1) is 13.9. The Morgan fingerprint density at radius 3 is 3.00 bits per heavy atom. The van der Waals surface area contributed by atoms with Crippen molar-refractivity contribution >= 4 is 21.8 Å². The maximum absolute atomic E-state index is 11.8. The molecular weight excluding hydrogens is 272 g/mol. The number of rotatable bonds is 6. The highest BCUT2D eigenvalue weighted by Crippen LogP contribution is 2.17. The Morgan fingerprint density at radius 2 is 2.31 bits per heavy atom. The lowest BCUT2D eigenvalue weighted by Crippen LogP contribution is -2.45. The number of nitrogens with zero attached hydrogens (tertiary/aromatic N) is 2.